The fourth-order valence-corrected chi connectivity index (χ4v) is 1.63. The van der Waals surface area contributed by atoms with E-state index in [0.717, 1.165) is 17.1 Å². The molecule has 0 aliphatic carbocycles. The van der Waals surface area contributed by atoms with E-state index in [2.05, 4.69) is 11.4 Å². The Labute approximate surface area is 112 Å². The number of rotatable bonds is 5. The molecule has 0 unspecified atom stereocenters. The Hall–Kier alpha value is -2.67. The molecular formula is C15H15N3O. The monoisotopic (exact) mass is 253 g/mol. The summed E-state index contributed by atoms with van der Waals surface area (Å²) in [4.78, 5) is 0. The molecule has 0 amide bonds. The van der Waals surface area contributed by atoms with Crippen LogP contribution < -0.4 is 15.8 Å². The van der Waals surface area contributed by atoms with Crippen molar-refractivity contribution in [2.75, 3.05) is 24.2 Å². The first-order chi connectivity index (χ1) is 9.28. The number of nitrogens with two attached hydrogens (primary N) is 1. The van der Waals surface area contributed by atoms with Gasteiger partial charge in [-0.15, -0.1) is 0 Å². The van der Waals surface area contributed by atoms with Crippen LogP contribution in [0.5, 0.6) is 5.75 Å². The maximum Gasteiger partial charge on any atom is 0.119 e. The molecule has 0 aliphatic heterocycles. The average molecular weight is 253 g/mol. The number of hydrogen-bond donors (Lipinski definition) is 2. The van der Waals surface area contributed by atoms with Gasteiger partial charge in [0.2, 0.25) is 0 Å². The van der Waals surface area contributed by atoms with E-state index < -0.39 is 0 Å². The number of benzene rings is 2. The number of nitrogens with zero attached hydrogens (tertiary/aromatic N) is 1. The van der Waals surface area contributed by atoms with E-state index in [-0.39, 0.29) is 0 Å². The highest BCUT2D eigenvalue weighted by Crippen LogP contribution is 2.13. The highest BCUT2D eigenvalue weighted by atomic mass is 16.5. The number of hydrogen-bond acceptors (Lipinski definition) is 4. The van der Waals surface area contributed by atoms with Gasteiger partial charge in [0.1, 0.15) is 12.4 Å². The third kappa shape index (κ3) is 3.93. The summed E-state index contributed by atoms with van der Waals surface area (Å²) in [5, 5.41) is 12.0. The Morgan fingerprint density at radius 1 is 1.16 bits per heavy atom. The summed E-state index contributed by atoms with van der Waals surface area (Å²) in [6.45, 7) is 1.21. The molecule has 2 aromatic carbocycles. The van der Waals surface area contributed by atoms with Crippen molar-refractivity contribution in [3.63, 3.8) is 0 Å². The van der Waals surface area contributed by atoms with E-state index in [1.807, 2.05) is 30.3 Å². The van der Waals surface area contributed by atoms with E-state index in [0.29, 0.717) is 18.7 Å². The smallest absolute Gasteiger partial charge is 0.119 e. The first kappa shape index (κ1) is 12.8. The van der Waals surface area contributed by atoms with Gasteiger partial charge in [-0.1, -0.05) is 6.07 Å². The van der Waals surface area contributed by atoms with Crippen LogP contribution in [-0.4, -0.2) is 13.2 Å². The van der Waals surface area contributed by atoms with Gasteiger partial charge < -0.3 is 15.8 Å². The first-order valence-corrected chi connectivity index (χ1v) is 6.00. The van der Waals surface area contributed by atoms with Crippen LogP contribution in [0.4, 0.5) is 11.4 Å². The summed E-state index contributed by atoms with van der Waals surface area (Å²) in [6, 6.07) is 16.7. The van der Waals surface area contributed by atoms with E-state index in [4.69, 9.17) is 15.7 Å². The summed E-state index contributed by atoms with van der Waals surface area (Å²) in [7, 11) is 0. The first-order valence-electron chi connectivity index (χ1n) is 6.00. The molecule has 0 spiro atoms. The maximum atomic E-state index is 8.79. The molecular weight excluding hydrogens is 238 g/mol. The molecule has 96 valence electrons. The zero-order chi connectivity index (χ0) is 13.5. The molecule has 0 aliphatic rings. The Morgan fingerprint density at radius 3 is 2.68 bits per heavy atom. The van der Waals surface area contributed by atoms with Crippen LogP contribution in [0.1, 0.15) is 5.56 Å². The number of ether oxygens (including phenoxy) is 1. The molecule has 19 heavy (non-hydrogen) atoms. The van der Waals surface area contributed by atoms with Gasteiger partial charge in [-0.05, 0) is 42.5 Å². The van der Waals surface area contributed by atoms with Gasteiger partial charge in [-0.3, -0.25) is 0 Å². The Morgan fingerprint density at radius 2 is 1.95 bits per heavy atom. The lowest BCUT2D eigenvalue weighted by molar-refractivity contribution is 0.333. The van der Waals surface area contributed by atoms with Crippen molar-refractivity contribution in [2.45, 2.75) is 0 Å². The second-order valence-electron chi connectivity index (χ2n) is 4.04. The largest absolute Gasteiger partial charge is 0.492 e. The molecule has 0 atom stereocenters. The minimum Gasteiger partial charge on any atom is -0.492 e. The molecule has 3 N–H and O–H groups in total. The van der Waals surface area contributed by atoms with Gasteiger partial charge in [0.15, 0.2) is 0 Å². The topological polar surface area (TPSA) is 71.1 Å². The quantitative estimate of drug-likeness (QED) is 0.634. The number of nitrogen functional groups attached to an aromatic ring is 1. The van der Waals surface area contributed by atoms with Crippen LogP contribution in [0.3, 0.4) is 0 Å². The van der Waals surface area contributed by atoms with Crippen molar-refractivity contribution in [2.24, 2.45) is 0 Å². The van der Waals surface area contributed by atoms with Gasteiger partial charge in [0.25, 0.3) is 0 Å². The second kappa shape index (κ2) is 6.31. The van der Waals surface area contributed by atoms with Gasteiger partial charge in [0.05, 0.1) is 11.6 Å². The summed E-state index contributed by atoms with van der Waals surface area (Å²) in [6.07, 6.45) is 0. The summed E-state index contributed by atoms with van der Waals surface area (Å²) in [5.41, 5.74) is 7.87. The molecule has 0 bridgehead atoms. The molecule has 0 radical (unpaired) electrons. The Kier molecular flexibility index (Phi) is 4.25. The predicted molar refractivity (Wildman–Crippen MR) is 76.0 cm³/mol. The third-order valence-corrected chi connectivity index (χ3v) is 2.57. The third-order valence-electron chi connectivity index (χ3n) is 2.57. The van der Waals surface area contributed by atoms with Crippen LogP contribution in [-0.2, 0) is 0 Å². The molecule has 2 aromatic rings. The molecule has 4 nitrogen and oxygen atoms in total. The number of nitriles is 1. The van der Waals surface area contributed by atoms with Gasteiger partial charge in [-0.25, -0.2) is 0 Å². The molecule has 0 saturated carbocycles. The van der Waals surface area contributed by atoms with Crippen LogP contribution in [0, 0.1) is 11.3 Å². The average Bonchev–Trinajstić information content (AvgIpc) is 2.46. The highest BCUT2D eigenvalue weighted by molar-refractivity contribution is 5.49. The van der Waals surface area contributed by atoms with Crippen LogP contribution in [0.25, 0.3) is 0 Å². The maximum absolute atomic E-state index is 8.79. The lowest BCUT2D eigenvalue weighted by Crippen LogP contribution is -2.11. The number of nitrogens with one attached hydrogen (secondary N) is 1. The fraction of sp³-hybridized carbons (Fsp3) is 0.133. The van der Waals surface area contributed by atoms with Crippen molar-refractivity contribution in [1.29, 1.82) is 5.26 Å². The normalized spacial score (nSPS) is 9.63. The second-order valence-corrected chi connectivity index (χ2v) is 4.04. The summed E-state index contributed by atoms with van der Waals surface area (Å²) in [5.74, 6) is 0.793. The van der Waals surface area contributed by atoms with Crippen LogP contribution >= 0.6 is 0 Å². The lowest BCUT2D eigenvalue weighted by Gasteiger charge is -2.09. The molecule has 0 fully saturated rings. The predicted octanol–water partition coefficient (Wildman–Crippen LogP) is 2.63. The lowest BCUT2D eigenvalue weighted by atomic mass is 10.2. The molecule has 0 saturated heterocycles. The highest BCUT2D eigenvalue weighted by Gasteiger charge is 1.96. The fourth-order valence-electron chi connectivity index (χ4n) is 1.63. The molecule has 0 heterocycles. The van der Waals surface area contributed by atoms with Crippen molar-refractivity contribution in [1.82, 2.24) is 0 Å². The molecule has 4 heteroatoms. The summed E-state index contributed by atoms with van der Waals surface area (Å²) >= 11 is 0. The molecule has 2 rings (SSSR count). The van der Waals surface area contributed by atoms with Crippen LogP contribution in [0.2, 0.25) is 0 Å². The zero-order valence-electron chi connectivity index (χ0n) is 10.5. The van der Waals surface area contributed by atoms with E-state index in [1.165, 1.54) is 0 Å². The van der Waals surface area contributed by atoms with E-state index in [1.54, 1.807) is 18.2 Å². The Balaban J connectivity index is 1.77. The zero-order valence-corrected chi connectivity index (χ0v) is 10.5. The van der Waals surface area contributed by atoms with Crippen molar-refractivity contribution >= 4 is 11.4 Å². The van der Waals surface area contributed by atoms with Gasteiger partial charge >= 0.3 is 0 Å². The van der Waals surface area contributed by atoms with Crippen molar-refractivity contribution < 1.29 is 4.74 Å². The minimum atomic E-state index is 0.542. The van der Waals surface area contributed by atoms with E-state index >= 15 is 0 Å². The van der Waals surface area contributed by atoms with Crippen molar-refractivity contribution in [3.8, 4) is 11.8 Å². The van der Waals surface area contributed by atoms with Gasteiger partial charge in [-0.2, -0.15) is 5.26 Å². The Bertz CT molecular complexity index is 573. The standard InChI is InChI=1S/C15H15N3O/c16-11-12-2-1-3-14(10-12)18-8-9-19-15-6-4-13(17)5-7-15/h1-7,10,18H,8-9,17H2. The molecule has 0 aromatic heterocycles. The van der Waals surface area contributed by atoms with Gasteiger partial charge in [0, 0.05) is 17.9 Å². The SMILES string of the molecule is N#Cc1cccc(NCCOc2ccc(N)cc2)c1. The van der Waals surface area contributed by atoms with Crippen LogP contribution in [0.15, 0.2) is 48.5 Å². The van der Waals surface area contributed by atoms with E-state index in [9.17, 15) is 0 Å². The minimum absolute atomic E-state index is 0.542. The summed E-state index contributed by atoms with van der Waals surface area (Å²) < 4.78 is 5.56. The number of anilines is 2. The van der Waals surface area contributed by atoms with Crippen molar-refractivity contribution in [3.05, 3.63) is 54.1 Å².